The summed E-state index contributed by atoms with van der Waals surface area (Å²) in [4.78, 5) is 22.2. The van der Waals surface area contributed by atoms with E-state index in [0.717, 1.165) is 25.2 Å². The molecule has 2 nitrogen and oxygen atoms in total. The Morgan fingerprint density at radius 3 is 1.91 bits per heavy atom. The summed E-state index contributed by atoms with van der Waals surface area (Å²) in [5.41, 5.74) is 0. The number of hydrogen-bond donors (Lipinski definition) is 0. The van der Waals surface area contributed by atoms with Crippen molar-refractivity contribution >= 4 is 11.6 Å². The SMILES string of the molecule is C=CC1CC(C=C)C(C(C)=O)C1.CC(=O)C1CC2C=CC1C2. The van der Waals surface area contributed by atoms with Crippen LogP contribution in [0.4, 0.5) is 0 Å². The summed E-state index contributed by atoms with van der Waals surface area (Å²) >= 11 is 0. The molecule has 0 radical (unpaired) electrons. The zero-order chi connectivity index (χ0) is 16.3. The third kappa shape index (κ3) is 3.66. The molecule has 0 aromatic carbocycles. The number of allylic oxidation sites excluding steroid dienone is 4. The molecule has 2 heteroatoms. The molecule has 0 heterocycles. The van der Waals surface area contributed by atoms with E-state index < -0.39 is 0 Å². The van der Waals surface area contributed by atoms with Crippen LogP contribution in [0, 0.1) is 35.5 Å². The average molecular weight is 300 g/mol. The van der Waals surface area contributed by atoms with Crippen molar-refractivity contribution in [2.45, 2.75) is 39.5 Å². The Morgan fingerprint density at radius 2 is 1.59 bits per heavy atom. The summed E-state index contributed by atoms with van der Waals surface area (Å²) < 4.78 is 0. The van der Waals surface area contributed by atoms with Crippen LogP contribution >= 0.6 is 0 Å². The molecule has 0 aliphatic heterocycles. The first-order valence-corrected chi connectivity index (χ1v) is 8.40. The number of rotatable bonds is 4. The topological polar surface area (TPSA) is 34.1 Å². The fraction of sp³-hybridized carbons (Fsp3) is 0.600. The van der Waals surface area contributed by atoms with Gasteiger partial charge in [-0.15, -0.1) is 13.2 Å². The van der Waals surface area contributed by atoms with Gasteiger partial charge in [-0.05, 0) is 63.2 Å². The maximum absolute atomic E-state index is 11.2. The highest BCUT2D eigenvalue weighted by Gasteiger charge is 2.37. The van der Waals surface area contributed by atoms with Crippen LogP contribution in [0.3, 0.4) is 0 Å². The second kappa shape index (κ2) is 7.21. The molecular weight excluding hydrogens is 272 g/mol. The van der Waals surface area contributed by atoms with E-state index in [2.05, 4.69) is 25.3 Å². The van der Waals surface area contributed by atoms with Crippen molar-refractivity contribution in [3.63, 3.8) is 0 Å². The van der Waals surface area contributed by atoms with Gasteiger partial charge in [-0.1, -0.05) is 24.3 Å². The molecule has 0 saturated heterocycles. The van der Waals surface area contributed by atoms with E-state index in [1.54, 1.807) is 13.8 Å². The highest BCUT2D eigenvalue weighted by atomic mass is 16.1. The smallest absolute Gasteiger partial charge is 0.133 e. The van der Waals surface area contributed by atoms with E-state index >= 15 is 0 Å². The van der Waals surface area contributed by atoms with Gasteiger partial charge in [0.2, 0.25) is 0 Å². The second-order valence-electron chi connectivity index (χ2n) is 7.08. The number of Topliss-reactive ketones (excluding diaryl/α,β-unsaturated/α-hetero) is 2. The number of carbonyl (C=O) groups is 2. The predicted molar refractivity (Wildman–Crippen MR) is 90.3 cm³/mol. The van der Waals surface area contributed by atoms with Crippen molar-refractivity contribution in [2.75, 3.05) is 0 Å². The molecule has 3 rings (SSSR count). The molecule has 3 aliphatic carbocycles. The van der Waals surface area contributed by atoms with Crippen LogP contribution in [0.15, 0.2) is 37.5 Å². The molecule has 6 atom stereocenters. The minimum atomic E-state index is 0.200. The van der Waals surface area contributed by atoms with Gasteiger partial charge in [-0.25, -0.2) is 0 Å². The average Bonchev–Trinajstić information content (AvgIpc) is 3.21. The van der Waals surface area contributed by atoms with E-state index in [-0.39, 0.29) is 5.92 Å². The first kappa shape index (κ1) is 16.9. The molecule has 3 aliphatic rings. The lowest BCUT2D eigenvalue weighted by Crippen LogP contribution is -2.15. The van der Waals surface area contributed by atoms with Crippen molar-refractivity contribution in [3.8, 4) is 0 Å². The molecule has 2 bridgehead atoms. The monoisotopic (exact) mass is 300 g/mol. The van der Waals surface area contributed by atoms with Gasteiger partial charge in [0.15, 0.2) is 0 Å². The Morgan fingerprint density at radius 1 is 0.909 bits per heavy atom. The second-order valence-corrected chi connectivity index (χ2v) is 7.08. The van der Waals surface area contributed by atoms with Crippen molar-refractivity contribution in [2.24, 2.45) is 35.5 Å². The number of ketones is 2. The quantitative estimate of drug-likeness (QED) is 0.722. The highest BCUT2D eigenvalue weighted by Crippen LogP contribution is 2.43. The van der Waals surface area contributed by atoms with Gasteiger partial charge in [0, 0.05) is 11.8 Å². The molecule has 120 valence electrons. The van der Waals surface area contributed by atoms with Crippen molar-refractivity contribution in [1.29, 1.82) is 0 Å². The standard InChI is InChI=1S/C11H16O.C9H12O/c1-4-9-6-10(5-2)11(7-9)8(3)12;1-6(10)9-5-7-2-3-8(9)4-7/h4-5,9-11H,1-2,6-7H2,3H3;2-3,7-9H,4-5H2,1H3. The summed E-state index contributed by atoms with van der Waals surface area (Å²) in [5.74, 6) is 3.48. The summed E-state index contributed by atoms with van der Waals surface area (Å²) in [6.45, 7) is 10.9. The zero-order valence-electron chi connectivity index (χ0n) is 13.8. The van der Waals surface area contributed by atoms with Crippen molar-refractivity contribution < 1.29 is 9.59 Å². The lowest BCUT2D eigenvalue weighted by atomic mass is 9.90. The molecule has 0 aromatic heterocycles. The van der Waals surface area contributed by atoms with Gasteiger partial charge < -0.3 is 0 Å². The van der Waals surface area contributed by atoms with E-state index in [9.17, 15) is 9.59 Å². The van der Waals surface area contributed by atoms with Crippen LogP contribution in [0.1, 0.15) is 39.5 Å². The van der Waals surface area contributed by atoms with Gasteiger partial charge >= 0.3 is 0 Å². The molecule has 0 amide bonds. The van der Waals surface area contributed by atoms with Crippen LogP contribution in [-0.4, -0.2) is 11.6 Å². The molecule has 2 saturated carbocycles. The molecule has 0 spiro atoms. The van der Waals surface area contributed by atoms with E-state index in [4.69, 9.17) is 0 Å². The predicted octanol–water partition coefficient (Wildman–Crippen LogP) is 4.38. The summed E-state index contributed by atoms with van der Waals surface area (Å²) in [6, 6.07) is 0. The van der Waals surface area contributed by atoms with Crippen LogP contribution in [0.5, 0.6) is 0 Å². The molecule has 2 fully saturated rings. The minimum Gasteiger partial charge on any atom is -0.300 e. The van der Waals surface area contributed by atoms with E-state index in [1.807, 2.05) is 12.2 Å². The van der Waals surface area contributed by atoms with Crippen LogP contribution < -0.4 is 0 Å². The van der Waals surface area contributed by atoms with Gasteiger partial charge in [-0.2, -0.15) is 0 Å². The Balaban J connectivity index is 0.000000162. The van der Waals surface area contributed by atoms with E-state index in [0.29, 0.717) is 35.2 Å². The van der Waals surface area contributed by atoms with Crippen molar-refractivity contribution in [3.05, 3.63) is 37.5 Å². The maximum atomic E-state index is 11.2. The third-order valence-corrected chi connectivity index (χ3v) is 5.61. The van der Waals surface area contributed by atoms with Gasteiger partial charge in [0.1, 0.15) is 11.6 Å². The number of hydrogen-bond acceptors (Lipinski definition) is 2. The van der Waals surface area contributed by atoms with Gasteiger partial charge in [0.05, 0.1) is 0 Å². The van der Waals surface area contributed by atoms with Crippen molar-refractivity contribution in [1.82, 2.24) is 0 Å². The Bertz CT molecular complexity index is 488. The van der Waals surface area contributed by atoms with Crippen LogP contribution in [0.2, 0.25) is 0 Å². The molecule has 6 unspecified atom stereocenters. The summed E-state index contributed by atoms with van der Waals surface area (Å²) in [5, 5.41) is 0. The Kier molecular flexibility index (Phi) is 5.55. The summed E-state index contributed by atoms with van der Waals surface area (Å²) in [7, 11) is 0. The van der Waals surface area contributed by atoms with Gasteiger partial charge in [-0.3, -0.25) is 9.59 Å². The van der Waals surface area contributed by atoms with Gasteiger partial charge in [0.25, 0.3) is 0 Å². The van der Waals surface area contributed by atoms with Crippen LogP contribution in [-0.2, 0) is 9.59 Å². The largest absolute Gasteiger partial charge is 0.300 e. The first-order valence-electron chi connectivity index (χ1n) is 8.40. The third-order valence-electron chi connectivity index (χ3n) is 5.61. The molecule has 0 aromatic rings. The number of fused-ring (bicyclic) bond motifs is 2. The lowest BCUT2D eigenvalue weighted by Gasteiger charge is -2.13. The lowest BCUT2D eigenvalue weighted by molar-refractivity contribution is -0.122. The number of carbonyl (C=O) groups excluding carboxylic acids is 2. The minimum absolute atomic E-state index is 0.200. The highest BCUT2D eigenvalue weighted by molar-refractivity contribution is 5.79. The van der Waals surface area contributed by atoms with Crippen LogP contribution in [0.25, 0.3) is 0 Å². The first-order chi connectivity index (χ1) is 10.5. The maximum Gasteiger partial charge on any atom is 0.133 e. The molecule has 0 N–H and O–H groups in total. The fourth-order valence-corrected chi connectivity index (χ4v) is 4.28. The Labute approximate surface area is 134 Å². The molecular formula is C20H28O2. The zero-order valence-corrected chi connectivity index (χ0v) is 13.8. The molecule has 22 heavy (non-hydrogen) atoms. The summed E-state index contributed by atoms with van der Waals surface area (Å²) in [6.07, 6.45) is 12.7. The fourth-order valence-electron chi connectivity index (χ4n) is 4.28. The normalized spacial score (nSPS) is 38.3. The van der Waals surface area contributed by atoms with E-state index in [1.165, 1.54) is 6.42 Å². The Hall–Kier alpha value is -1.44.